The van der Waals surface area contributed by atoms with Crippen LogP contribution in [0.2, 0.25) is 0 Å². The van der Waals surface area contributed by atoms with E-state index >= 15 is 0 Å². The molecule has 0 atom stereocenters. The number of hydrogen-bond acceptors (Lipinski definition) is 6. The largest absolute Gasteiger partial charge is 0.505 e. The maximum Gasteiger partial charge on any atom is 0.296 e. The highest BCUT2D eigenvalue weighted by Gasteiger charge is 2.39. The molecule has 0 heterocycles. The number of rotatable bonds is 4. The third-order valence-corrected chi connectivity index (χ3v) is 4.97. The molecule has 1 amide bonds. The Morgan fingerprint density at radius 2 is 1.95 bits per heavy atom. The van der Waals surface area contributed by atoms with Gasteiger partial charge in [0.2, 0.25) is 5.91 Å². The van der Waals surface area contributed by atoms with Crippen LogP contribution in [0, 0.1) is 10.1 Å². The van der Waals surface area contributed by atoms with Gasteiger partial charge in [-0.25, -0.2) is 8.42 Å². The number of nitro benzene ring substituents is 1. The van der Waals surface area contributed by atoms with E-state index in [1.165, 1.54) is 19.9 Å². The Kier molecular flexibility index (Phi) is 4.04. The fourth-order valence-electron chi connectivity index (χ4n) is 1.24. The highest BCUT2D eigenvalue weighted by molar-refractivity contribution is 7.92. The molecule has 0 unspecified atom stereocenters. The standard InChI is InChI=1S/C11H14N2O6S/c1-11(2,20(3,18)19)10(15)12-9-7(13(16)17)5-4-6-8(9)14/h4-6,14H,1-3H3,(H,12,15). The van der Waals surface area contributed by atoms with Crippen LogP contribution in [0.25, 0.3) is 0 Å². The number of carbonyl (C=O) groups is 1. The highest BCUT2D eigenvalue weighted by Crippen LogP contribution is 2.34. The van der Waals surface area contributed by atoms with Crippen molar-refractivity contribution in [2.24, 2.45) is 0 Å². The molecular formula is C11H14N2O6S. The van der Waals surface area contributed by atoms with E-state index in [0.29, 0.717) is 0 Å². The minimum atomic E-state index is -3.73. The van der Waals surface area contributed by atoms with Crippen molar-refractivity contribution in [2.75, 3.05) is 11.6 Å². The van der Waals surface area contributed by atoms with Gasteiger partial charge in [0.25, 0.3) is 5.69 Å². The Bertz CT molecular complexity index is 665. The third-order valence-electron chi connectivity index (χ3n) is 2.93. The van der Waals surface area contributed by atoms with Crippen molar-refractivity contribution in [3.63, 3.8) is 0 Å². The van der Waals surface area contributed by atoms with Crippen LogP contribution in [0.4, 0.5) is 11.4 Å². The van der Waals surface area contributed by atoms with E-state index in [1.54, 1.807) is 0 Å². The summed E-state index contributed by atoms with van der Waals surface area (Å²) in [4.78, 5) is 22.0. The summed E-state index contributed by atoms with van der Waals surface area (Å²) in [5.74, 6) is -1.48. The number of carbonyl (C=O) groups excluding carboxylic acids is 1. The van der Waals surface area contributed by atoms with Crippen LogP contribution in [0.3, 0.4) is 0 Å². The number of amides is 1. The van der Waals surface area contributed by atoms with Gasteiger partial charge in [-0.2, -0.15) is 0 Å². The van der Waals surface area contributed by atoms with Gasteiger partial charge in [-0.05, 0) is 19.9 Å². The molecule has 0 fully saturated rings. The number of benzene rings is 1. The SMILES string of the molecule is CC(C)(C(=O)Nc1c(O)cccc1[N+](=O)[O-])S(C)(=O)=O. The minimum Gasteiger partial charge on any atom is -0.505 e. The quantitative estimate of drug-likeness (QED) is 0.486. The molecule has 1 rings (SSSR count). The average molecular weight is 302 g/mol. The molecular weight excluding hydrogens is 288 g/mol. The second-order valence-electron chi connectivity index (χ2n) is 4.66. The monoisotopic (exact) mass is 302 g/mol. The van der Waals surface area contributed by atoms with Crippen molar-refractivity contribution in [2.45, 2.75) is 18.6 Å². The van der Waals surface area contributed by atoms with E-state index in [1.807, 2.05) is 0 Å². The summed E-state index contributed by atoms with van der Waals surface area (Å²) in [5.41, 5.74) is -0.957. The van der Waals surface area contributed by atoms with Crippen LogP contribution in [-0.2, 0) is 14.6 Å². The van der Waals surface area contributed by atoms with Gasteiger partial charge in [0.05, 0.1) is 4.92 Å². The molecule has 0 bridgehead atoms. The van der Waals surface area contributed by atoms with Crippen LogP contribution >= 0.6 is 0 Å². The lowest BCUT2D eigenvalue weighted by Crippen LogP contribution is -2.43. The van der Waals surface area contributed by atoms with E-state index in [0.717, 1.165) is 18.4 Å². The van der Waals surface area contributed by atoms with E-state index in [9.17, 15) is 28.4 Å². The molecule has 110 valence electrons. The molecule has 2 N–H and O–H groups in total. The highest BCUT2D eigenvalue weighted by atomic mass is 32.2. The van der Waals surface area contributed by atoms with Crippen LogP contribution in [0.15, 0.2) is 18.2 Å². The normalized spacial score (nSPS) is 11.9. The molecule has 1 aromatic rings. The summed E-state index contributed by atoms with van der Waals surface area (Å²) in [6, 6.07) is 3.48. The Labute approximate surface area is 115 Å². The number of nitrogens with zero attached hydrogens (tertiary/aromatic N) is 1. The van der Waals surface area contributed by atoms with E-state index in [2.05, 4.69) is 5.32 Å². The summed E-state index contributed by atoms with van der Waals surface area (Å²) in [6.45, 7) is 2.34. The zero-order valence-corrected chi connectivity index (χ0v) is 11.9. The van der Waals surface area contributed by atoms with Crippen LogP contribution in [0.5, 0.6) is 5.75 Å². The van der Waals surface area contributed by atoms with Gasteiger partial charge in [0.1, 0.15) is 10.5 Å². The van der Waals surface area contributed by atoms with Gasteiger partial charge in [-0.3, -0.25) is 14.9 Å². The first kappa shape index (κ1) is 15.9. The van der Waals surface area contributed by atoms with Crippen molar-refractivity contribution in [3.8, 4) is 5.75 Å². The fourth-order valence-corrected chi connectivity index (χ4v) is 1.63. The van der Waals surface area contributed by atoms with Gasteiger partial charge in [0, 0.05) is 12.3 Å². The van der Waals surface area contributed by atoms with Crippen LogP contribution in [-0.4, -0.2) is 35.4 Å². The van der Waals surface area contributed by atoms with Gasteiger partial charge < -0.3 is 10.4 Å². The Balaban J connectivity index is 3.25. The molecule has 20 heavy (non-hydrogen) atoms. The topological polar surface area (TPSA) is 127 Å². The first-order chi connectivity index (χ1) is 8.98. The molecule has 0 saturated heterocycles. The molecule has 0 radical (unpaired) electrons. The molecule has 0 saturated carbocycles. The first-order valence-corrected chi connectivity index (χ1v) is 7.35. The molecule has 0 aromatic heterocycles. The van der Waals surface area contributed by atoms with Gasteiger partial charge in [-0.1, -0.05) is 6.07 Å². The van der Waals surface area contributed by atoms with Gasteiger partial charge in [0.15, 0.2) is 15.5 Å². The van der Waals surface area contributed by atoms with Crippen molar-refractivity contribution in [1.29, 1.82) is 0 Å². The Hall–Kier alpha value is -2.16. The van der Waals surface area contributed by atoms with Crippen molar-refractivity contribution >= 4 is 27.1 Å². The minimum absolute atomic E-state index is 0.431. The number of phenolic OH excluding ortho intramolecular Hbond substituents is 1. The van der Waals surface area contributed by atoms with Crippen molar-refractivity contribution in [1.82, 2.24) is 0 Å². The van der Waals surface area contributed by atoms with Gasteiger partial charge in [-0.15, -0.1) is 0 Å². The average Bonchev–Trinajstić information content (AvgIpc) is 2.29. The predicted octanol–water partition coefficient (Wildman–Crippen LogP) is 1.06. The van der Waals surface area contributed by atoms with Crippen LogP contribution in [0.1, 0.15) is 13.8 Å². The Morgan fingerprint density at radius 1 is 1.40 bits per heavy atom. The van der Waals surface area contributed by atoms with E-state index < -0.39 is 42.5 Å². The molecule has 1 aromatic carbocycles. The molecule has 0 aliphatic rings. The molecule has 0 spiro atoms. The molecule has 9 heteroatoms. The summed E-state index contributed by atoms with van der Waals surface area (Å²) in [7, 11) is -3.73. The van der Waals surface area contributed by atoms with Crippen molar-refractivity contribution < 1.29 is 23.2 Å². The zero-order chi connectivity index (χ0) is 15.7. The maximum absolute atomic E-state index is 12.0. The lowest BCUT2D eigenvalue weighted by Gasteiger charge is -2.21. The summed E-state index contributed by atoms with van der Waals surface area (Å²) >= 11 is 0. The predicted molar refractivity (Wildman–Crippen MR) is 72.3 cm³/mol. The smallest absolute Gasteiger partial charge is 0.296 e. The number of sulfone groups is 1. The summed E-state index contributed by atoms with van der Waals surface area (Å²) < 4.78 is 21.3. The maximum atomic E-state index is 12.0. The zero-order valence-electron chi connectivity index (χ0n) is 11.1. The number of phenols is 1. The fraction of sp³-hybridized carbons (Fsp3) is 0.364. The van der Waals surface area contributed by atoms with Crippen molar-refractivity contribution in [3.05, 3.63) is 28.3 Å². The number of nitrogens with one attached hydrogen (secondary N) is 1. The lowest BCUT2D eigenvalue weighted by atomic mass is 10.1. The van der Waals surface area contributed by atoms with E-state index in [4.69, 9.17) is 0 Å². The first-order valence-electron chi connectivity index (χ1n) is 5.46. The number of para-hydroxylation sites is 1. The second-order valence-corrected chi connectivity index (χ2v) is 7.23. The molecule has 0 aliphatic heterocycles. The number of nitro groups is 1. The third kappa shape index (κ3) is 2.87. The lowest BCUT2D eigenvalue weighted by molar-refractivity contribution is -0.384. The summed E-state index contributed by atoms with van der Waals surface area (Å²) in [5, 5.41) is 22.5. The second kappa shape index (κ2) is 5.08. The molecule has 0 aliphatic carbocycles. The van der Waals surface area contributed by atoms with Gasteiger partial charge >= 0.3 is 0 Å². The number of hydrogen-bond donors (Lipinski definition) is 2. The molecule has 8 nitrogen and oxygen atoms in total. The Morgan fingerprint density at radius 3 is 2.40 bits per heavy atom. The van der Waals surface area contributed by atoms with E-state index in [-0.39, 0.29) is 0 Å². The number of anilines is 1. The number of aromatic hydroxyl groups is 1. The van der Waals surface area contributed by atoms with Crippen LogP contribution < -0.4 is 5.32 Å². The summed E-state index contributed by atoms with van der Waals surface area (Å²) in [6.07, 6.45) is 0.881.